The summed E-state index contributed by atoms with van der Waals surface area (Å²) in [4.78, 5) is 8.37. The van der Waals surface area contributed by atoms with Crippen LogP contribution in [0.3, 0.4) is 0 Å². The fourth-order valence-electron chi connectivity index (χ4n) is 1.17. The van der Waals surface area contributed by atoms with Crippen LogP contribution in [-0.2, 0) is 0 Å². The highest BCUT2D eigenvalue weighted by Crippen LogP contribution is 2.17. The van der Waals surface area contributed by atoms with Gasteiger partial charge in [-0.1, -0.05) is 32.0 Å². The van der Waals surface area contributed by atoms with Crippen LogP contribution < -0.4 is 5.32 Å². The van der Waals surface area contributed by atoms with Crippen LogP contribution in [-0.4, -0.2) is 28.3 Å². The molecule has 1 unspecified atom stereocenters. The molecule has 1 atom stereocenters. The first-order valence-electron chi connectivity index (χ1n) is 5.47. The second-order valence-corrected chi connectivity index (χ2v) is 4.92. The minimum Gasteiger partial charge on any atom is -0.316 e. The standard InChI is InChI=1S/C11H19N3S/c1-3-4-6-12-9-10(2)15-11-13-7-5-8-14-11/h5,7-8,10,12H,3-4,6,9H2,1-2H3. The van der Waals surface area contributed by atoms with Crippen molar-refractivity contribution in [2.24, 2.45) is 0 Å². The first-order chi connectivity index (χ1) is 7.33. The molecule has 0 fully saturated rings. The van der Waals surface area contributed by atoms with Crippen LogP contribution >= 0.6 is 11.8 Å². The molecule has 1 aromatic rings. The summed E-state index contributed by atoms with van der Waals surface area (Å²) >= 11 is 1.72. The monoisotopic (exact) mass is 225 g/mol. The van der Waals surface area contributed by atoms with Gasteiger partial charge in [0.05, 0.1) is 0 Å². The second kappa shape index (κ2) is 7.65. The molecule has 15 heavy (non-hydrogen) atoms. The molecule has 0 saturated carbocycles. The SMILES string of the molecule is CCCCNCC(C)Sc1ncccn1. The minimum atomic E-state index is 0.518. The molecular formula is C11H19N3S. The Morgan fingerprint density at radius 3 is 2.80 bits per heavy atom. The average Bonchev–Trinajstić information content (AvgIpc) is 2.26. The third-order valence-electron chi connectivity index (χ3n) is 1.99. The van der Waals surface area contributed by atoms with Crippen LogP contribution in [0.5, 0.6) is 0 Å². The van der Waals surface area contributed by atoms with Crippen LogP contribution in [0.15, 0.2) is 23.6 Å². The Balaban J connectivity index is 2.16. The average molecular weight is 225 g/mol. The molecule has 4 heteroatoms. The molecule has 1 aromatic heterocycles. The summed E-state index contributed by atoms with van der Waals surface area (Å²) in [6.07, 6.45) is 6.06. The van der Waals surface area contributed by atoms with Crippen LogP contribution in [0.1, 0.15) is 26.7 Å². The summed E-state index contributed by atoms with van der Waals surface area (Å²) in [5, 5.41) is 4.81. The van der Waals surface area contributed by atoms with Gasteiger partial charge >= 0.3 is 0 Å². The molecule has 1 N–H and O–H groups in total. The quantitative estimate of drug-likeness (QED) is 0.439. The highest BCUT2D eigenvalue weighted by Gasteiger charge is 2.04. The molecule has 0 bridgehead atoms. The molecule has 3 nitrogen and oxygen atoms in total. The third kappa shape index (κ3) is 5.74. The number of rotatable bonds is 7. The van der Waals surface area contributed by atoms with E-state index in [0.29, 0.717) is 5.25 Å². The van der Waals surface area contributed by atoms with E-state index in [2.05, 4.69) is 29.1 Å². The number of nitrogens with zero attached hydrogens (tertiary/aromatic N) is 2. The van der Waals surface area contributed by atoms with Gasteiger partial charge in [0.25, 0.3) is 0 Å². The zero-order chi connectivity index (χ0) is 10.9. The lowest BCUT2D eigenvalue weighted by molar-refractivity contribution is 0.638. The van der Waals surface area contributed by atoms with Gasteiger partial charge in [0, 0.05) is 24.2 Å². The maximum Gasteiger partial charge on any atom is 0.187 e. The molecule has 0 saturated heterocycles. The number of aromatic nitrogens is 2. The van der Waals surface area contributed by atoms with Crippen LogP contribution in [0, 0.1) is 0 Å². The van der Waals surface area contributed by atoms with E-state index in [4.69, 9.17) is 0 Å². The highest BCUT2D eigenvalue weighted by molar-refractivity contribution is 7.99. The van der Waals surface area contributed by atoms with Gasteiger partial charge < -0.3 is 5.32 Å². The second-order valence-electron chi connectivity index (χ2n) is 3.52. The fourth-order valence-corrected chi connectivity index (χ4v) is 1.98. The lowest BCUT2D eigenvalue weighted by Gasteiger charge is -2.10. The first-order valence-corrected chi connectivity index (χ1v) is 6.35. The molecule has 0 aliphatic rings. The highest BCUT2D eigenvalue weighted by atomic mass is 32.2. The van der Waals surface area contributed by atoms with Crippen LogP contribution in [0.25, 0.3) is 0 Å². The number of unbranched alkanes of at least 4 members (excludes halogenated alkanes) is 1. The topological polar surface area (TPSA) is 37.8 Å². The molecular weight excluding hydrogens is 206 g/mol. The van der Waals surface area contributed by atoms with Gasteiger partial charge in [-0.05, 0) is 19.0 Å². The first kappa shape index (κ1) is 12.5. The van der Waals surface area contributed by atoms with Crippen molar-refractivity contribution in [3.05, 3.63) is 18.5 Å². The van der Waals surface area contributed by atoms with Crippen LogP contribution in [0.2, 0.25) is 0 Å². The third-order valence-corrected chi connectivity index (χ3v) is 2.98. The van der Waals surface area contributed by atoms with E-state index in [1.54, 1.807) is 24.2 Å². The molecule has 84 valence electrons. The van der Waals surface area contributed by atoms with E-state index in [1.165, 1.54) is 12.8 Å². The summed E-state index contributed by atoms with van der Waals surface area (Å²) in [6.45, 7) is 6.53. The number of nitrogens with one attached hydrogen (secondary N) is 1. The Hall–Kier alpha value is -0.610. The van der Waals surface area contributed by atoms with Gasteiger partial charge in [0.2, 0.25) is 0 Å². The van der Waals surface area contributed by atoms with Crippen molar-refractivity contribution in [2.75, 3.05) is 13.1 Å². The molecule has 0 amide bonds. The molecule has 0 spiro atoms. The van der Waals surface area contributed by atoms with Gasteiger partial charge in [-0.3, -0.25) is 0 Å². The number of hydrogen-bond acceptors (Lipinski definition) is 4. The van der Waals surface area contributed by atoms with Crippen molar-refractivity contribution in [3.63, 3.8) is 0 Å². The van der Waals surface area contributed by atoms with Gasteiger partial charge in [0.1, 0.15) is 0 Å². The predicted octanol–water partition coefficient (Wildman–Crippen LogP) is 2.35. The number of hydrogen-bond donors (Lipinski definition) is 1. The Bertz CT molecular complexity index is 253. The Labute approximate surface area is 96.1 Å². The van der Waals surface area contributed by atoms with Crippen molar-refractivity contribution in [1.29, 1.82) is 0 Å². The molecule has 1 heterocycles. The van der Waals surface area contributed by atoms with Crippen molar-refractivity contribution < 1.29 is 0 Å². The van der Waals surface area contributed by atoms with E-state index in [1.807, 2.05) is 6.07 Å². The summed E-state index contributed by atoms with van der Waals surface area (Å²) in [7, 11) is 0. The molecule has 0 aromatic carbocycles. The Kier molecular flexibility index (Phi) is 6.36. The molecule has 0 aliphatic heterocycles. The van der Waals surface area contributed by atoms with Crippen molar-refractivity contribution in [2.45, 2.75) is 37.1 Å². The maximum absolute atomic E-state index is 4.19. The minimum absolute atomic E-state index is 0.518. The zero-order valence-electron chi connectivity index (χ0n) is 9.44. The van der Waals surface area contributed by atoms with E-state index in [-0.39, 0.29) is 0 Å². The number of thioether (sulfide) groups is 1. The summed E-state index contributed by atoms with van der Waals surface area (Å²) in [5.41, 5.74) is 0. The smallest absolute Gasteiger partial charge is 0.187 e. The van der Waals surface area contributed by atoms with Crippen molar-refractivity contribution >= 4 is 11.8 Å². The van der Waals surface area contributed by atoms with Gasteiger partial charge in [-0.25, -0.2) is 9.97 Å². The Morgan fingerprint density at radius 1 is 1.40 bits per heavy atom. The molecule has 0 radical (unpaired) electrons. The normalized spacial score (nSPS) is 12.7. The lowest BCUT2D eigenvalue weighted by Crippen LogP contribution is -2.23. The van der Waals surface area contributed by atoms with Gasteiger partial charge in [-0.15, -0.1) is 0 Å². The van der Waals surface area contributed by atoms with Crippen molar-refractivity contribution in [3.8, 4) is 0 Å². The van der Waals surface area contributed by atoms with E-state index in [0.717, 1.165) is 18.2 Å². The maximum atomic E-state index is 4.19. The van der Waals surface area contributed by atoms with E-state index >= 15 is 0 Å². The fraction of sp³-hybridized carbons (Fsp3) is 0.636. The van der Waals surface area contributed by atoms with Gasteiger partial charge in [0.15, 0.2) is 5.16 Å². The lowest BCUT2D eigenvalue weighted by atomic mass is 10.3. The summed E-state index contributed by atoms with van der Waals surface area (Å²) < 4.78 is 0. The molecule has 0 aliphatic carbocycles. The molecule has 1 rings (SSSR count). The Morgan fingerprint density at radius 2 is 2.13 bits per heavy atom. The summed E-state index contributed by atoms with van der Waals surface area (Å²) in [6, 6.07) is 1.84. The van der Waals surface area contributed by atoms with Crippen molar-refractivity contribution in [1.82, 2.24) is 15.3 Å². The van der Waals surface area contributed by atoms with Gasteiger partial charge in [-0.2, -0.15) is 0 Å². The predicted molar refractivity (Wildman–Crippen MR) is 65.1 cm³/mol. The van der Waals surface area contributed by atoms with E-state index < -0.39 is 0 Å². The largest absolute Gasteiger partial charge is 0.316 e. The van der Waals surface area contributed by atoms with E-state index in [9.17, 15) is 0 Å². The van der Waals surface area contributed by atoms with Crippen LogP contribution in [0.4, 0.5) is 0 Å². The zero-order valence-corrected chi connectivity index (χ0v) is 10.3. The summed E-state index contributed by atoms with van der Waals surface area (Å²) in [5.74, 6) is 0.